The number of rotatable bonds is 6. The molecular weight excluding hydrogens is 198 g/mol. The third-order valence-corrected chi connectivity index (χ3v) is 2.01. The molecular formula is C9H15N3O3. The second kappa shape index (κ2) is 5.45. The second-order valence-corrected chi connectivity index (χ2v) is 3.60. The number of carboxylic acids is 1. The summed E-state index contributed by atoms with van der Waals surface area (Å²) in [4.78, 5) is 12.4. The van der Waals surface area contributed by atoms with Gasteiger partial charge >= 0.3 is 5.97 Å². The van der Waals surface area contributed by atoms with Gasteiger partial charge in [0, 0.05) is 19.4 Å². The highest BCUT2D eigenvalue weighted by molar-refractivity contribution is 5.66. The Balaban J connectivity index is 2.49. The number of aromatic nitrogens is 2. The Bertz CT molecular complexity index is 322. The van der Waals surface area contributed by atoms with E-state index in [1.54, 1.807) is 0 Å². The lowest BCUT2D eigenvalue weighted by atomic mass is 10.1. The maximum Gasteiger partial charge on any atom is 0.303 e. The van der Waals surface area contributed by atoms with E-state index in [-0.39, 0.29) is 6.42 Å². The van der Waals surface area contributed by atoms with E-state index in [1.807, 2.05) is 19.0 Å². The predicted molar refractivity (Wildman–Crippen MR) is 52.5 cm³/mol. The lowest BCUT2D eigenvalue weighted by Gasteiger charge is -2.06. The molecule has 1 heterocycles. The largest absolute Gasteiger partial charge is 0.481 e. The van der Waals surface area contributed by atoms with Crippen LogP contribution in [-0.4, -0.2) is 46.9 Å². The summed E-state index contributed by atoms with van der Waals surface area (Å²) in [6.07, 6.45) is 1.16. The molecule has 0 saturated heterocycles. The van der Waals surface area contributed by atoms with E-state index in [4.69, 9.17) is 5.11 Å². The number of aryl methyl sites for hydroxylation is 1. The molecule has 6 nitrogen and oxygen atoms in total. The van der Waals surface area contributed by atoms with Gasteiger partial charge in [-0.25, -0.2) is 4.63 Å². The van der Waals surface area contributed by atoms with Crippen molar-refractivity contribution in [3.63, 3.8) is 0 Å². The van der Waals surface area contributed by atoms with Crippen LogP contribution >= 0.6 is 0 Å². The van der Waals surface area contributed by atoms with E-state index < -0.39 is 5.97 Å². The number of carbonyl (C=O) groups is 1. The highest BCUT2D eigenvalue weighted by atomic mass is 16.6. The molecule has 6 heteroatoms. The Morgan fingerprint density at radius 2 is 1.93 bits per heavy atom. The molecule has 0 aliphatic rings. The van der Waals surface area contributed by atoms with Crippen molar-refractivity contribution in [2.75, 3.05) is 20.6 Å². The molecule has 0 aliphatic carbocycles. The van der Waals surface area contributed by atoms with Crippen molar-refractivity contribution in [2.24, 2.45) is 0 Å². The van der Waals surface area contributed by atoms with Crippen molar-refractivity contribution in [1.82, 2.24) is 15.2 Å². The first-order valence-corrected chi connectivity index (χ1v) is 4.76. The Morgan fingerprint density at radius 1 is 1.33 bits per heavy atom. The summed E-state index contributed by atoms with van der Waals surface area (Å²) in [7, 11) is 3.93. The third-order valence-electron chi connectivity index (χ3n) is 2.01. The minimum atomic E-state index is -0.837. The zero-order valence-electron chi connectivity index (χ0n) is 8.93. The topological polar surface area (TPSA) is 79.5 Å². The van der Waals surface area contributed by atoms with Crippen molar-refractivity contribution in [2.45, 2.75) is 19.3 Å². The van der Waals surface area contributed by atoms with Crippen molar-refractivity contribution in [3.8, 4) is 0 Å². The summed E-state index contributed by atoms with van der Waals surface area (Å²) in [5.74, 6) is -0.837. The Labute approximate surface area is 87.8 Å². The van der Waals surface area contributed by atoms with Crippen molar-refractivity contribution >= 4 is 5.97 Å². The summed E-state index contributed by atoms with van der Waals surface area (Å²) in [6, 6.07) is 0. The first-order valence-electron chi connectivity index (χ1n) is 4.76. The molecule has 0 bridgehead atoms. The van der Waals surface area contributed by atoms with E-state index in [0.717, 1.165) is 18.7 Å². The quantitative estimate of drug-likeness (QED) is 0.726. The van der Waals surface area contributed by atoms with Crippen LogP contribution in [0.15, 0.2) is 4.63 Å². The molecule has 0 spiro atoms. The highest BCUT2D eigenvalue weighted by Crippen LogP contribution is 2.07. The summed E-state index contributed by atoms with van der Waals surface area (Å²) in [6.45, 7) is 0.842. The molecule has 84 valence electrons. The van der Waals surface area contributed by atoms with Crippen molar-refractivity contribution < 1.29 is 14.5 Å². The van der Waals surface area contributed by atoms with Crippen LogP contribution in [-0.2, 0) is 17.6 Å². The van der Waals surface area contributed by atoms with Crippen LogP contribution in [0.2, 0.25) is 0 Å². The van der Waals surface area contributed by atoms with E-state index in [9.17, 15) is 4.79 Å². The molecule has 1 aromatic rings. The average molecular weight is 213 g/mol. The summed E-state index contributed by atoms with van der Waals surface area (Å²) in [5.41, 5.74) is 1.41. The van der Waals surface area contributed by atoms with Gasteiger partial charge in [-0.3, -0.25) is 4.79 Å². The van der Waals surface area contributed by atoms with Crippen LogP contribution in [0, 0.1) is 0 Å². The molecule has 0 aliphatic heterocycles. The minimum absolute atomic E-state index is 0.0587. The van der Waals surface area contributed by atoms with Gasteiger partial charge in [-0.05, 0) is 14.1 Å². The maximum absolute atomic E-state index is 10.4. The van der Waals surface area contributed by atoms with E-state index in [1.165, 1.54) is 0 Å². The fourth-order valence-corrected chi connectivity index (χ4v) is 1.16. The average Bonchev–Trinajstić information content (AvgIpc) is 2.58. The standard InChI is InChI=1S/C9H15N3O3/c1-12(2)6-5-8-7(10-15-11-8)3-4-9(13)14/h3-6H2,1-2H3,(H,13,14). The summed E-state index contributed by atoms with van der Waals surface area (Å²) >= 11 is 0. The van der Waals surface area contributed by atoms with Gasteiger partial charge in [-0.15, -0.1) is 0 Å². The lowest BCUT2D eigenvalue weighted by Crippen LogP contribution is -2.16. The van der Waals surface area contributed by atoms with Gasteiger partial charge in [0.1, 0.15) is 11.4 Å². The monoisotopic (exact) mass is 213 g/mol. The molecule has 1 aromatic heterocycles. The molecule has 15 heavy (non-hydrogen) atoms. The number of likely N-dealkylation sites (N-methyl/N-ethyl adjacent to an activating group) is 1. The molecule has 0 atom stereocenters. The number of carboxylic acid groups (broad SMARTS) is 1. The fourth-order valence-electron chi connectivity index (χ4n) is 1.16. The zero-order valence-corrected chi connectivity index (χ0v) is 8.93. The zero-order chi connectivity index (χ0) is 11.3. The van der Waals surface area contributed by atoms with Gasteiger partial charge in [0.15, 0.2) is 0 Å². The van der Waals surface area contributed by atoms with E-state index >= 15 is 0 Å². The van der Waals surface area contributed by atoms with Gasteiger partial charge in [-0.1, -0.05) is 10.3 Å². The van der Waals surface area contributed by atoms with E-state index in [0.29, 0.717) is 12.1 Å². The number of aliphatic carboxylic acids is 1. The Morgan fingerprint density at radius 3 is 2.47 bits per heavy atom. The van der Waals surface area contributed by atoms with Crippen LogP contribution in [0.25, 0.3) is 0 Å². The molecule has 1 N–H and O–H groups in total. The number of hydrogen-bond donors (Lipinski definition) is 1. The van der Waals surface area contributed by atoms with E-state index in [2.05, 4.69) is 14.9 Å². The molecule has 0 unspecified atom stereocenters. The molecule has 0 amide bonds. The van der Waals surface area contributed by atoms with Gasteiger partial charge in [-0.2, -0.15) is 0 Å². The van der Waals surface area contributed by atoms with Gasteiger partial charge in [0.25, 0.3) is 0 Å². The lowest BCUT2D eigenvalue weighted by molar-refractivity contribution is -0.136. The smallest absolute Gasteiger partial charge is 0.303 e. The SMILES string of the molecule is CN(C)CCc1nonc1CCC(=O)O. The fraction of sp³-hybridized carbons (Fsp3) is 0.667. The molecule has 0 saturated carbocycles. The first kappa shape index (κ1) is 11.6. The third kappa shape index (κ3) is 4.07. The molecule has 0 fully saturated rings. The van der Waals surface area contributed by atoms with Crippen LogP contribution in [0.1, 0.15) is 17.8 Å². The van der Waals surface area contributed by atoms with Crippen LogP contribution in [0.3, 0.4) is 0 Å². The van der Waals surface area contributed by atoms with Gasteiger partial charge in [0.2, 0.25) is 0 Å². The van der Waals surface area contributed by atoms with Crippen LogP contribution in [0.5, 0.6) is 0 Å². The molecule has 1 rings (SSSR count). The molecule has 0 aromatic carbocycles. The Hall–Kier alpha value is -1.43. The van der Waals surface area contributed by atoms with Crippen molar-refractivity contribution in [1.29, 1.82) is 0 Å². The number of hydrogen-bond acceptors (Lipinski definition) is 5. The minimum Gasteiger partial charge on any atom is -0.481 e. The van der Waals surface area contributed by atoms with Crippen LogP contribution < -0.4 is 0 Å². The van der Waals surface area contributed by atoms with Crippen molar-refractivity contribution in [3.05, 3.63) is 11.4 Å². The predicted octanol–water partition coefficient (Wildman–Crippen LogP) is 0.191. The summed E-state index contributed by atoms with van der Waals surface area (Å²) < 4.78 is 4.60. The van der Waals surface area contributed by atoms with Gasteiger partial charge < -0.3 is 10.0 Å². The second-order valence-electron chi connectivity index (χ2n) is 3.60. The summed E-state index contributed by atoms with van der Waals surface area (Å²) in [5, 5.41) is 16.0. The highest BCUT2D eigenvalue weighted by Gasteiger charge is 2.11. The van der Waals surface area contributed by atoms with Gasteiger partial charge in [0.05, 0.1) is 6.42 Å². The first-order chi connectivity index (χ1) is 7.09. The Kier molecular flexibility index (Phi) is 4.23. The normalized spacial score (nSPS) is 10.9. The number of nitrogens with zero attached hydrogens (tertiary/aromatic N) is 3. The van der Waals surface area contributed by atoms with Crippen LogP contribution in [0.4, 0.5) is 0 Å². The molecule has 0 radical (unpaired) electrons. The maximum atomic E-state index is 10.4.